The molecule has 2 nitrogen and oxygen atoms in total. The summed E-state index contributed by atoms with van der Waals surface area (Å²) in [7, 11) is 1.79. The van der Waals surface area contributed by atoms with Gasteiger partial charge in [0.1, 0.15) is 0 Å². The number of methoxy groups -OCH3 is 1. The monoisotopic (exact) mass is 213 g/mol. The summed E-state index contributed by atoms with van der Waals surface area (Å²) in [5.74, 6) is 1.69. The van der Waals surface area contributed by atoms with Crippen LogP contribution in [-0.2, 0) is 4.74 Å². The van der Waals surface area contributed by atoms with Gasteiger partial charge in [-0.1, -0.05) is 20.3 Å². The predicted octanol–water partition coefficient (Wildman–Crippen LogP) is 2.83. The smallest absolute Gasteiger partial charge is 0.0746 e. The minimum absolute atomic E-state index is 0.0413. The predicted molar refractivity (Wildman–Crippen MR) is 65.1 cm³/mol. The highest BCUT2D eigenvalue weighted by Crippen LogP contribution is 2.28. The molecule has 0 heterocycles. The fourth-order valence-corrected chi connectivity index (χ4v) is 2.27. The van der Waals surface area contributed by atoms with E-state index in [4.69, 9.17) is 4.74 Å². The number of rotatable bonds is 4. The molecule has 1 aliphatic rings. The Morgan fingerprint density at radius 1 is 1.27 bits per heavy atom. The van der Waals surface area contributed by atoms with Gasteiger partial charge < -0.3 is 10.1 Å². The minimum Gasteiger partial charge on any atom is -0.377 e. The van der Waals surface area contributed by atoms with Gasteiger partial charge in [0.05, 0.1) is 5.60 Å². The summed E-state index contributed by atoms with van der Waals surface area (Å²) in [6, 6.07) is 0.683. The van der Waals surface area contributed by atoms with Crippen LogP contribution in [0.3, 0.4) is 0 Å². The molecule has 3 unspecified atom stereocenters. The Labute approximate surface area is 94.8 Å². The molecule has 0 aromatic heterocycles. The Hall–Kier alpha value is -0.0800. The van der Waals surface area contributed by atoms with Crippen molar-refractivity contribution in [3.05, 3.63) is 0 Å². The Kier molecular flexibility index (Phi) is 4.60. The maximum Gasteiger partial charge on any atom is 0.0746 e. The number of hydrogen-bond donors (Lipinski definition) is 1. The number of ether oxygens (including phenoxy) is 1. The van der Waals surface area contributed by atoms with Crippen LogP contribution in [0.25, 0.3) is 0 Å². The zero-order chi connectivity index (χ0) is 11.5. The zero-order valence-corrected chi connectivity index (χ0v) is 11.0. The molecule has 0 aromatic carbocycles. The first-order chi connectivity index (χ1) is 6.94. The molecule has 0 amide bonds. The first kappa shape index (κ1) is 13.0. The van der Waals surface area contributed by atoms with Crippen molar-refractivity contribution in [3.63, 3.8) is 0 Å². The lowest BCUT2D eigenvalue weighted by molar-refractivity contribution is 0.0173. The topological polar surface area (TPSA) is 21.3 Å². The molecule has 1 fully saturated rings. The maximum atomic E-state index is 5.43. The second kappa shape index (κ2) is 5.31. The highest BCUT2D eigenvalue weighted by atomic mass is 16.5. The van der Waals surface area contributed by atoms with Crippen LogP contribution in [0.1, 0.15) is 47.0 Å². The molecule has 1 saturated carbocycles. The summed E-state index contributed by atoms with van der Waals surface area (Å²) >= 11 is 0. The van der Waals surface area contributed by atoms with Crippen molar-refractivity contribution in [1.29, 1.82) is 0 Å². The summed E-state index contributed by atoms with van der Waals surface area (Å²) in [5, 5.41) is 3.67. The van der Waals surface area contributed by atoms with Gasteiger partial charge in [-0.2, -0.15) is 0 Å². The van der Waals surface area contributed by atoms with Crippen molar-refractivity contribution in [2.75, 3.05) is 13.7 Å². The van der Waals surface area contributed by atoms with E-state index in [1.54, 1.807) is 7.11 Å². The van der Waals surface area contributed by atoms with E-state index in [0.29, 0.717) is 6.04 Å². The molecule has 0 spiro atoms. The second-order valence-corrected chi connectivity index (χ2v) is 5.85. The van der Waals surface area contributed by atoms with Crippen molar-refractivity contribution >= 4 is 0 Å². The largest absolute Gasteiger partial charge is 0.377 e. The van der Waals surface area contributed by atoms with Crippen molar-refractivity contribution in [2.45, 2.75) is 58.6 Å². The molecular formula is C13H27NO. The lowest BCUT2D eigenvalue weighted by atomic mass is 9.80. The third-order valence-electron chi connectivity index (χ3n) is 3.80. The van der Waals surface area contributed by atoms with Crippen molar-refractivity contribution < 1.29 is 4.74 Å². The van der Waals surface area contributed by atoms with Gasteiger partial charge in [0.15, 0.2) is 0 Å². The van der Waals surface area contributed by atoms with E-state index in [2.05, 4.69) is 33.0 Å². The van der Waals surface area contributed by atoms with Crippen LogP contribution in [0.15, 0.2) is 0 Å². The van der Waals surface area contributed by atoms with E-state index < -0.39 is 0 Å². The summed E-state index contributed by atoms with van der Waals surface area (Å²) in [4.78, 5) is 0. The van der Waals surface area contributed by atoms with E-state index in [-0.39, 0.29) is 5.60 Å². The second-order valence-electron chi connectivity index (χ2n) is 5.85. The Morgan fingerprint density at radius 3 is 2.53 bits per heavy atom. The van der Waals surface area contributed by atoms with Gasteiger partial charge in [0.2, 0.25) is 0 Å². The normalized spacial score (nSPS) is 33.0. The first-order valence-electron chi connectivity index (χ1n) is 6.23. The van der Waals surface area contributed by atoms with Gasteiger partial charge in [0, 0.05) is 19.7 Å². The van der Waals surface area contributed by atoms with E-state index in [1.807, 2.05) is 0 Å². The number of nitrogens with one attached hydrogen (secondary N) is 1. The van der Waals surface area contributed by atoms with Crippen LogP contribution in [0.5, 0.6) is 0 Å². The quantitative estimate of drug-likeness (QED) is 0.775. The Morgan fingerprint density at radius 2 is 1.93 bits per heavy atom. The fraction of sp³-hybridized carbons (Fsp3) is 1.00. The van der Waals surface area contributed by atoms with Gasteiger partial charge in [-0.25, -0.2) is 0 Å². The maximum absolute atomic E-state index is 5.43. The summed E-state index contributed by atoms with van der Waals surface area (Å²) in [6.45, 7) is 9.95. The van der Waals surface area contributed by atoms with Crippen LogP contribution in [0.2, 0.25) is 0 Å². The molecule has 0 radical (unpaired) electrons. The highest BCUT2D eigenvalue weighted by Gasteiger charge is 2.27. The van der Waals surface area contributed by atoms with E-state index >= 15 is 0 Å². The van der Waals surface area contributed by atoms with E-state index in [0.717, 1.165) is 18.4 Å². The Balaban J connectivity index is 2.36. The third kappa shape index (κ3) is 4.12. The van der Waals surface area contributed by atoms with Crippen LogP contribution in [0, 0.1) is 11.8 Å². The van der Waals surface area contributed by atoms with Gasteiger partial charge in [-0.15, -0.1) is 0 Å². The van der Waals surface area contributed by atoms with Crippen molar-refractivity contribution in [2.24, 2.45) is 11.8 Å². The lowest BCUT2D eigenvalue weighted by Gasteiger charge is -2.35. The molecule has 1 aliphatic carbocycles. The summed E-state index contributed by atoms with van der Waals surface area (Å²) < 4.78 is 5.43. The average Bonchev–Trinajstić information content (AvgIpc) is 2.20. The van der Waals surface area contributed by atoms with Gasteiger partial charge in [0.25, 0.3) is 0 Å². The van der Waals surface area contributed by atoms with Gasteiger partial charge in [-0.3, -0.25) is 0 Å². The van der Waals surface area contributed by atoms with E-state index in [1.165, 1.54) is 19.3 Å². The molecule has 3 atom stereocenters. The van der Waals surface area contributed by atoms with Gasteiger partial charge >= 0.3 is 0 Å². The highest BCUT2D eigenvalue weighted by molar-refractivity contribution is 4.83. The Bertz CT molecular complexity index is 191. The molecule has 0 saturated heterocycles. The standard InChI is InChI=1S/C13H27NO/c1-10-6-7-11(2)12(8-10)14-9-13(3,4)15-5/h10-12,14H,6-9H2,1-5H3. The first-order valence-corrected chi connectivity index (χ1v) is 6.23. The number of hydrogen-bond acceptors (Lipinski definition) is 2. The lowest BCUT2D eigenvalue weighted by Crippen LogP contribution is -2.46. The molecule has 1 rings (SSSR count). The molecule has 0 aromatic rings. The third-order valence-corrected chi connectivity index (χ3v) is 3.80. The molecular weight excluding hydrogens is 186 g/mol. The summed E-state index contributed by atoms with van der Waals surface area (Å²) in [5.41, 5.74) is -0.0413. The van der Waals surface area contributed by atoms with Gasteiger partial charge in [-0.05, 0) is 38.5 Å². The summed E-state index contributed by atoms with van der Waals surface area (Å²) in [6.07, 6.45) is 4.08. The fourth-order valence-electron chi connectivity index (χ4n) is 2.27. The minimum atomic E-state index is -0.0413. The van der Waals surface area contributed by atoms with Crippen LogP contribution in [-0.4, -0.2) is 25.3 Å². The SMILES string of the molecule is COC(C)(C)CNC1CC(C)CCC1C. The molecule has 2 heteroatoms. The van der Waals surface area contributed by atoms with Crippen molar-refractivity contribution in [1.82, 2.24) is 5.32 Å². The van der Waals surface area contributed by atoms with Crippen LogP contribution in [0.4, 0.5) is 0 Å². The van der Waals surface area contributed by atoms with E-state index in [9.17, 15) is 0 Å². The molecule has 0 aliphatic heterocycles. The van der Waals surface area contributed by atoms with Crippen LogP contribution >= 0.6 is 0 Å². The van der Waals surface area contributed by atoms with Crippen LogP contribution < -0.4 is 5.32 Å². The molecule has 0 bridgehead atoms. The van der Waals surface area contributed by atoms with Crippen molar-refractivity contribution in [3.8, 4) is 0 Å². The molecule has 15 heavy (non-hydrogen) atoms. The average molecular weight is 213 g/mol. The molecule has 90 valence electrons. The molecule has 1 N–H and O–H groups in total. The zero-order valence-electron chi connectivity index (χ0n) is 11.0.